The lowest BCUT2D eigenvalue weighted by atomic mass is 10.0. The van der Waals surface area contributed by atoms with E-state index in [0.29, 0.717) is 12.1 Å². The van der Waals surface area contributed by atoms with Gasteiger partial charge in [-0.1, -0.05) is 25.1 Å². The average molecular weight is 419 g/mol. The summed E-state index contributed by atoms with van der Waals surface area (Å²) in [5.41, 5.74) is 4.30. The number of benzene rings is 2. The topological polar surface area (TPSA) is 75.7 Å². The molecular formula is C22H30N2O4S. The molecule has 0 heterocycles. The molecule has 1 atom stereocenters. The van der Waals surface area contributed by atoms with Crippen LogP contribution in [0.15, 0.2) is 36.4 Å². The zero-order chi connectivity index (χ0) is 21.8. The fourth-order valence-corrected chi connectivity index (χ4v) is 4.24. The predicted molar refractivity (Wildman–Crippen MR) is 117 cm³/mol. The van der Waals surface area contributed by atoms with E-state index in [1.54, 1.807) is 19.2 Å². The van der Waals surface area contributed by atoms with Gasteiger partial charge in [-0.05, 0) is 67.6 Å². The molecule has 0 aliphatic carbocycles. The number of nitrogens with zero attached hydrogens (tertiary/aromatic N) is 1. The van der Waals surface area contributed by atoms with E-state index in [2.05, 4.69) is 5.32 Å². The number of methoxy groups -OCH3 is 1. The summed E-state index contributed by atoms with van der Waals surface area (Å²) in [6.07, 6.45) is 1.79. The molecule has 2 rings (SSSR count). The molecule has 2 aromatic carbocycles. The quantitative estimate of drug-likeness (QED) is 0.710. The Hall–Kier alpha value is -2.54. The summed E-state index contributed by atoms with van der Waals surface area (Å²) in [5, 5.41) is 2.96. The summed E-state index contributed by atoms with van der Waals surface area (Å²) in [5.74, 6) is 0.433. The summed E-state index contributed by atoms with van der Waals surface area (Å²) in [4.78, 5) is 12.8. The second-order valence-corrected chi connectivity index (χ2v) is 9.28. The first kappa shape index (κ1) is 22.7. The van der Waals surface area contributed by atoms with Crippen molar-refractivity contribution in [2.75, 3.05) is 24.2 Å². The Morgan fingerprint density at radius 3 is 2.21 bits per heavy atom. The Balaban J connectivity index is 2.23. The lowest BCUT2D eigenvalue weighted by Crippen LogP contribution is -2.41. The molecule has 0 saturated carbocycles. The lowest BCUT2D eigenvalue weighted by Gasteiger charge is -2.25. The Labute approximate surface area is 173 Å². The maximum Gasteiger partial charge on any atom is 0.241 e. The minimum Gasteiger partial charge on any atom is -0.496 e. The number of ether oxygens (including phenoxy) is 1. The smallest absolute Gasteiger partial charge is 0.241 e. The van der Waals surface area contributed by atoms with E-state index in [1.165, 1.54) is 0 Å². The fraction of sp³-hybridized carbons (Fsp3) is 0.409. The van der Waals surface area contributed by atoms with Gasteiger partial charge in [0.1, 0.15) is 12.3 Å². The molecule has 0 unspecified atom stereocenters. The number of sulfonamides is 1. The Morgan fingerprint density at radius 2 is 1.72 bits per heavy atom. The van der Waals surface area contributed by atoms with E-state index in [4.69, 9.17) is 4.74 Å². The summed E-state index contributed by atoms with van der Waals surface area (Å²) < 4.78 is 31.2. The third-order valence-corrected chi connectivity index (χ3v) is 5.89. The van der Waals surface area contributed by atoms with Crippen LogP contribution >= 0.6 is 0 Å². The van der Waals surface area contributed by atoms with Gasteiger partial charge in [0.05, 0.1) is 25.1 Å². The molecule has 0 bridgehead atoms. The van der Waals surface area contributed by atoms with Crippen LogP contribution in [0.2, 0.25) is 0 Å². The molecular weight excluding hydrogens is 388 g/mol. The summed E-state index contributed by atoms with van der Waals surface area (Å²) in [6, 6.07) is 11.1. The molecule has 7 heteroatoms. The molecule has 0 radical (unpaired) electrons. The van der Waals surface area contributed by atoms with Crippen molar-refractivity contribution in [1.29, 1.82) is 0 Å². The highest BCUT2D eigenvalue weighted by atomic mass is 32.2. The van der Waals surface area contributed by atoms with Crippen LogP contribution in [0.1, 0.15) is 41.6 Å². The van der Waals surface area contributed by atoms with E-state index in [1.807, 2.05) is 52.0 Å². The molecule has 0 saturated heterocycles. The van der Waals surface area contributed by atoms with E-state index in [0.717, 1.165) is 38.6 Å². The number of hydrogen-bond donors (Lipinski definition) is 1. The van der Waals surface area contributed by atoms with Crippen molar-refractivity contribution < 1.29 is 17.9 Å². The molecule has 158 valence electrons. The number of rotatable bonds is 8. The zero-order valence-corrected chi connectivity index (χ0v) is 18.8. The van der Waals surface area contributed by atoms with Crippen LogP contribution in [0.25, 0.3) is 0 Å². The van der Waals surface area contributed by atoms with Crippen molar-refractivity contribution in [2.45, 2.75) is 40.2 Å². The van der Waals surface area contributed by atoms with Crippen LogP contribution in [0.5, 0.6) is 5.75 Å². The Morgan fingerprint density at radius 1 is 1.10 bits per heavy atom. The molecule has 0 aliphatic rings. The van der Waals surface area contributed by atoms with Crippen molar-refractivity contribution >= 4 is 21.6 Å². The van der Waals surface area contributed by atoms with Gasteiger partial charge in [-0.25, -0.2) is 8.42 Å². The maximum atomic E-state index is 12.8. The molecule has 29 heavy (non-hydrogen) atoms. The van der Waals surface area contributed by atoms with E-state index < -0.39 is 10.0 Å². The summed E-state index contributed by atoms with van der Waals surface area (Å²) in [7, 11) is -1.99. The molecule has 0 fully saturated rings. The van der Waals surface area contributed by atoms with Crippen LogP contribution in [0, 0.1) is 20.8 Å². The van der Waals surface area contributed by atoms with Gasteiger partial charge in [0.15, 0.2) is 0 Å². The lowest BCUT2D eigenvalue weighted by molar-refractivity contribution is -0.120. The highest BCUT2D eigenvalue weighted by molar-refractivity contribution is 7.92. The standard InChI is InChI=1S/C22H30N2O4S/c1-7-20(18-8-9-21(28-5)17(4)13-18)23-22(25)14-24(29(6,26)27)19-11-15(2)10-16(3)12-19/h8-13,20H,7,14H2,1-6H3,(H,23,25)/t20-/m0/s1. The van der Waals surface area contributed by atoms with Gasteiger partial charge in [-0.2, -0.15) is 0 Å². The minimum absolute atomic E-state index is 0.215. The number of amides is 1. The number of nitrogens with one attached hydrogen (secondary N) is 1. The molecule has 0 aromatic heterocycles. The van der Waals surface area contributed by atoms with E-state index in [9.17, 15) is 13.2 Å². The van der Waals surface area contributed by atoms with Crippen LogP contribution in [-0.2, 0) is 14.8 Å². The number of anilines is 1. The van der Waals surface area contributed by atoms with Crippen LogP contribution in [0.3, 0.4) is 0 Å². The van der Waals surface area contributed by atoms with Gasteiger partial charge in [-0.15, -0.1) is 0 Å². The second kappa shape index (κ2) is 9.31. The Kier molecular flexibility index (Phi) is 7.30. The van der Waals surface area contributed by atoms with E-state index >= 15 is 0 Å². The zero-order valence-electron chi connectivity index (χ0n) is 17.9. The first-order chi connectivity index (χ1) is 13.5. The van der Waals surface area contributed by atoms with Crippen molar-refractivity contribution in [3.05, 3.63) is 58.7 Å². The molecule has 6 nitrogen and oxygen atoms in total. The second-order valence-electron chi connectivity index (χ2n) is 7.37. The SMILES string of the molecule is CC[C@H](NC(=O)CN(c1cc(C)cc(C)c1)S(C)(=O)=O)c1ccc(OC)c(C)c1. The van der Waals surface area contributed by atoms with Crippen molar-refractivity contribution in [3.63, 3.8) is 0 Å². The van der Waals surface area contributed by atoms with Gasteiger partial charge < -0.3 is 10.1 Å². The first-order valence-electron chi connectivity index (χ1n) is 9.55. The summed E-state index contributed by atoms with van der Waals surface area (Å²) in [6.45, 7) is 7.45. The Bertz CT molecular complexity index is 966. The number of aryl methyl sites for hydroxylation is 3. The van der Waals surface area contributed by atoms with Crippen molar-refractivity contribution in [3.8, 4) is 5.75 Å². The highest BCUT2D eigenvalue weighted by Gasteiger charge is 2.23. The normalized spacial score (nSPS) is 12.3. The molecule has 0 aliphatic heterocycles. The largest absolute Gasteiger partial charge is 0.496 e. The van der Waals surface area contributed by atoms with Crippen LogP contribution in [0.4, 0.5) is 5.69 Å². The highest BCUT2D eigenvalue weighted by Crippen LogP contribution is 2.25. The predicted octanol–water partition coefficient (Wildman–Crippen LogP) is 3.65. The average Bonchev–Trinajstić information content (AvgIpc) is 2.62. The molecule has 1 amide bonds. The first-order valence-corrected chi connectivity index (χ1v) is 11.4. The van der Waals surface area contributed by atoms with Gasteiger partial charge in [0.2, 0.25) is 15.9 Å². The van der Waals surface area contributed by atoms with Gasteiger partial charge >= 0.3 is 0 Å². The van der Waals surface area contributed by atoms with Crippen LogP contribution < -0.4 is 14.4 Å². The third kappa shape index (κ3) is 5.97. The number of hydrogen-bond acceptors (Lipinski definition) is 4. The van der Waals surface area contributed by atoms with Gasteiger partial charge in [0, 0.05) is 0 Å². The van der Waals surface area contributed by atoms with Crippen molar-refractivity contribution in [1.82, 2.24) is 5.32 Å². The number of carbonyl (C=O) groups excluding carboxylic acids is 1. The monoisotopic (exact) mass is 418 g/mol. The third-order valence-electron chi connectivity index (χ3n) is 4.75. The molecule has 2 aromatic rings. The minimum atomic E-state index is -3.61. The van der Waals surface area contributed by atoms with Gasteiger partial charge in [0.25, 0.3) is 0 Å². The van der Waals surface area contributed by atoms with Crippen LogP contribution in [-0.4, -0.2) is 34.2 Å². The number of carbonyl (C=O) groups is 1. The van der Waals surface area contributed by atoms with Gasteiger partial charge in [-0.3, -0.25) is 9.10 Å². The maximum absolute atomic E-state index is 12.8. The fourth-order valence-electron chi connectivity index (χ4n) is 3.40. The molecule has 1 N–H and O–H groups in total. The molecule has 0 spiro atoms. The van der Waals surface area contributed by atoms with E-state index in [-0.39, 0.29) is 18.5 Å². The summed E-state index contributed by atoms with van der Waals surface area (Å²) >= 11 is 0. The van der Waals surface area contributed by atoms with Crippen molar-refractivity contribution in [2.24, 2.45) is 0 Å².